The second-order valence-electron chi connectivity index (χ2n) is 3.80. The molecule has 0 unspecified atom stereocenters. The van der Waals surface area contributed by atoms with Crippen LogP contribution in [-0.4, -0.2) is 20.6 Å². The van der Waals surface area contributed by atoms with Crippen LogP contribution >= 0.6 is 0 Å². The Labute approximate surface area is 99.2 Å². The predicted molar refractivity (Wildman–Crippen MR) is 65.5 cm³/mol. The van der Waals surface area contributed by atoms with Crippen LogP contribution in [0, 0.1) is 13.8 Å². The lowest BCUT2D eigenvalue weighted by molar-refractivity contribution is 0.318. The van der Waals surface area contributed by atoms with Gasteiger partial charge in [0.2, 0.25) is 0 Å². The molecule has 0 aliphatic carbocycles. The highest BCUT2D eigenvalue weighted by Gasteiger charge is 2.12. The van der Waals surface area contributed by atoms with Gasteiger partial charge in [-0.2, -0.15) is 0 Å². The van der Waals surface area contributed by atoms with Crippen LogP contribution in [0.15, 0.2) is 35.7 Å². The molecule has 1 heterocycles. The molecule has 0 amide bonds. The molecule has 5 heteroatoms. The number of para-hydroxylation sites is 1. The Bertz CT molecular complexity index is 572. The molecule has 0 saturated carbocycles. The summed E-state index contributed by atoms with van der Waals surface area (Å²) >= 11 is 0. The third kappa shape index (κ3) is 1.87. The molecule has 0 fully saturated rings. The van der Waals surface area contributed by atoms with E-state index in [9.17, 15) is 0 Å². The fourth-order valence-electron chi connectivity index (χ4n) is 1.85. The largest absolute Gasteiger partial charge is 0.409 e. The first kappa shape index (κ1) is 11.2. The van der Waals surface area contributed by atoms with Crippen molar-refractivity contribution in [1.82, 2.24) is 9.55 Å². The van der Waals surface area contributed by atoms with Crippen LogP contribution in [0.25, 0.3) is 5.69 Å². The van der Waals surface area contributed by atoms with Crippen LogP contribution < -0.4 is 5.73 Å². The molecule has 0 spiro atoms. The number of aryl methyl sites for hydroxylation is 2. The summed E-state index contributed by atoms with van der Waals surface area (Å²) in [6.07, 6.45) is 3.57. The number of oxime groups is 1. The molecular formula is C12H14N4O. The van der Waals surface area contributed by atoms with Crippen molar-refractivity contribution in [2.24, 2.45) is 10.9 Å². The number of benzene rings is 1. The lowest BCUT2D eigenvalue weighted by Crippen LogP contribution is -2.17. The average Bonchev–Trinajstić information content (AvgIpc) is 2.74. The molecule has 0 aliphatic rings. The first-order valence-corrected chi connectivity index (χ1v) is 5.23. The molecule has 0 atom stereocenters. The van der Waals surface area contributed by atoms with Gasteiger partial charge in [0.05, 0.1) is 5.69 Å². The minimum Gasteiger partial charge on any atom is -0.409 e. The van der Waals surface area contributed by atoms with E-state index in [1.54, 1.807) is 6.20 Å². The third-order valence-electron chi connectivity index (χ3n) is 2.69. The highest BCUT2D eigenvalue weighted by atomic mass is 16.4. The van der Waals surface area contributed by atoms with Gasteiger partial charge in [0, 0.05) is 18.0 Å². The Hall–Kier alpha value is -2.30. The molecular weight excluding hydrogens is 216 g/mol. The number of hydrogen-bond donors (Lipinski definition) is 2. The molecule has 0 saturated heterocycles. The van der Waals surface area contributed by atoms with Crippen molar-refractivity contribution in [3.63, 3.8) is 0 Å². The zero-order valence-corrected chi connectivity index (χ0v) is 9.75. The Morgan fingerprint density at radius 3 is 2.76 bits per heavy atom. The fourth-order valence-corrected chi connectivity index (χ4v) is 1.85. The third-order valence-corrected chi connectivity index (χ3v) is 2.69. The normalized spacial score (nSPS) is 11.8. The SMILES string of the molecule is Cc1cccc(/C(N)=N/O)c1-n1ccnc1C. The van der Waals surface area contributed by atoms with Gasteiger partial charge in [0.1, 0.15) is 5.82 Å². The van der Waals surface area contributed by atoms with Gasteiger partial charge in [-0.3, -0.25) is 0 Å². The Balaban J connectivity index is 2.72. The van der Waals surface area contributed by atoms with Gasteiger partial charge in [-0.25, -0.2) is 4.98 Å². The summed E-state index contributed by atoms with van der Waals surface area (Å²) in [5.74, 6) is 0.947. The van der Waals surface area contributed by atoms with Crippen molar-refractivity contribution in [2.75, 3.05) is 0 Å². The summed E-state index contributed by atoms with van der Waals surface area (Å²) in [4.78, 5) is 4.18. The van der Waals surface area contributed by atoms with E-state index in [1.165, 1.54) is 0 Å². The number of rotatable bonds is 2. The number of imidazole rings is 1. The van der Waals surface area contributed by atoms with Crippen molar-refractivity contribution in [2.45, 2.75) is 13.8 Å². The van der Waals surface area contributed by atoms with E-state index in [0.29, 0.717) is 5.56 Å². The molecule has 3 N–H and O–H groups in total. The van der Waals surface area contributed by atoms with Crippen LogP contribution in [0.4, 0.5) is 0 Å². The molecule has 17 heavy (non-hydrogen) atoms. The number of aromatic nitrogens is 2. The molecule has 0 bridgehead atoms. The minimum atomic E-state index is 0.0943. The second-order valence-corrected chi connectivity index (χ2v) is 3.80. The Morgan fingerprint density at radius 1 is 1.41 bits per heavy atom. The summed E-state index contributed by atoms with van der Waals surface area (Å²) in [6, 6.07) is 5.66. The summed E-state index contributed by atoms with van der Waals surface area (Å²) in [6.45, 7) is 3.88. The van der Waals surface area contributed by atoms with Gasteiger partial charge >= 0.3 is 0 Å². The van der Waals surface area contributed by atoms with Crippen molar-refractivity contribution >= 4 is 5.84 Å². The molecule has 2 rings (SSSR count). The van der Waals surface area contributed by atoms with Gasteiger partial charge in [-0.05, 0) is 25.5 Å². The predicted octanol–water partition coefficient (Wildman–Crippen LogP) is 1.58. The van der Waals surface area contributed by atoms with E-state index in [1.807, 2.05) is 42.8 Å². The van der Waals surface area contributed by atoms with Gasteiger partial charge in [-0.15, -0.1) is 0 Å². The van der Waals surface area contributed by atoms with Crippen molar-refractivity contribution < 1.29 is 5.21 Å². The van der Waals surface area contributed by atoms with E-state index >= 15 is 0 Å². The summed E-state index contributed by atoms with van der Waals surface area (Å²) in [5, 5.41) is 11.9. The molecule has 2 aromatic rings. The van der Waals surface area contributed by atoms with Gasteiger partial charge < -0.3 is 15.5 Å². The second kappa shape index (κ2) is 4.29. The maximum absolute atomic E-state index is 8.81. The number of hydrogen-bond acceptors (Lipinski definition) is 3. The number of nitrogens with zero attached hydrogens (tertiary/aromatic N) is 3. The zero-order chi connectivity index (χ0) is 12.4. The van der Waals surface area contributed by atoms with Gasteiger partial charge in [0.25, 0.3) is 0 Å². The monoisotopic (exact) mass is 230 g/mol. The maximum Gasteiger partial charge on any atom is 0.172 e. The van der Waals surface area contributed by atoms with E-state index in [0.717, 1.165) is 17.1 Å². The first-order chi connectivity index (χ1) is 8.15. The maximum atomic E-state index is 8.81. The van der Waals surface area contributed by atoms with Crippen LogP contribution in [0.1, 0.15) is 17.0 Å². The molecule has 5 nitrogen and oxygen atoms in total. The van der Waals surface area contributed by atoms with E-state index in [-0.39, 0.29) is 5.84 Å². The molecule has 1 aromatic heterocycles. The van der Waals surface area contributed by atoms with Crippen LogP contribution in [0.3, 0.4) is 0 Å². The van der Waals surface area contributed by atoms with Crippen molar-refractivity contribution in [3.05, 3.63) is 47.5 Å². The van der Waals surface area contributed by atoms with Crippen LogP contribution in [-0.2, 0) is 0 Å². The lowest BCUT2D eigenvalue weighted by Gasteiger charge is -2.13. The van der Waals surface area contributed by atoms with Crippen LogP contribution in [0.2, 0.25) is 0 Å². The molecule has 0 aliphatic heterocycles. The Morgan fingerprint density at radius 2 is 2.18 bits per heavy atom. The topological polar surface area (TPSA) is 76.4 Å². The lowest BCUT2D eigenvalue weighted by atomic mass is 10.1. The first-order valence-electron chi connectivity index (χ1n) is 5.23. The quantitative estimate of drug-likeness (QED) is 0.356. The highest BCUT2D eigenvalue weighted by Crippen LogP contribution is 2.20. The van der Waals surface area contributed by atoms with Gasteiger partial charge in [-0.1, -0.05) is 17.3 Å². The van der Waals surface area contributed by atoms with Crippen LogP contribution in [0.5, 0.6) is 0 Å². The highest BCUT2D eigenvalue weighted by molar-refractivity contribution is 6.00. The van der Waals surface area contributed by atoms with Gasteiger partial charge in [0.15, 0.2) is 5.84 Å². The fraction of sp³-hybridized carbons (Fsp3) is 0.167. The zero-order valence-electron chi connectivity index (χ0n) is 9.75. The Kier molecular flexibility index (Phi) is 2.82. The van der Waals surface area contributed by atoms with Crippen molar-refractivity contribution in [1.29, 1.82) is 0 Å². The van der Waals surface area contributed by atoms with E-state index in [2.05, 4.69) is 10.1 Å². The summed E-state index contributed by atoms with van der Waals surface area (Å²) in [5.41, 5.74) is 8.30. The minimum absolute atomic E-state index is 0.0943. The standard InChI is InChI=1S/C12H14N4O/c1-8-4-3-5-10(12(13)15-17)11(8)16-7-6-14-9(16)2/h3-7,17H,1-2H3,(H2,13,15). The molecule has 1 aromatic carbocycles. The van der Waals surface area contributed by atoms with E-state index in [4.69, 9.17) is 10.9 Å². The van der Waals surface area contributed by atoms with E-state index < -0.39 is 0 Å². The molecule has 88 valence electrons. The smallest absolute Gasteiger partial charge is 0.172 e. The van der Waals surface area contributed by atoms with Crippen molar-refractivity contribution in [3.8, 4) is 5.69 Å². The summed E-state index contributed by atoms with van der Waals surface area (Å²) in [7, 11) is 0. The molecule has 0 radical (unpaired) electrons. The number of nitrogens with two attached hydrogens (primary N) is 1. The average molecular weight is 230 g/mol. The summed E-state index contributed by atoms with van der Waals surface area (Å²) < 4.78 is 1.92. The number of amidine groups is 1.